The molecular formula is C22H34Cl2Hf. The summed E-state index contributed by atoms with van der Waals surface area (Å²) in [5.41, 5.74) is 7.02. The van der Waals surface area contributed by atoms with Crippen LogP contribution >= 0.6 is 0 Å². The first-order chi connectivity index (χ1) is 10.3. The molecule has 25 heavy (non-hydrogen) atoms. The fraction of sp³-hybridized carbons (Fsp3) is 0.636. The van der Waals surface area contributed by atoms with Gasteiger partial charge in [-0.05, 0) is 0 Å². The van der Waals surface area contributed by atoms with Gasteiger partial charge in [-0.15, -0.1) is 0 Å². The van der Waals surface area contributed by atoms with E-state index in [9.17, 15) is 0 Å². The summed E-state index contributed by atoms with van der Waals surface area (Å²) in [5.74, 6) is 1.33. The predicted octanol–water partition coefficient (Wildman–Crippen LogP) is 0.869. The van der Waals surface area contributed by atoms with E-state index in [1.165, 1.54) is 0 Å². The summed E-state index contributed by atoms with van der Waals surface area (Å²) in [6, 6.07) is 0. The number of rotatable bonds is 2. The van der Waals surface area contributed by atoms with Crippen LogP contribution in [0.2, 0.25) is 0 Å². The average molecular weight is 548 g/mol. The van der Waals surface area contributed by atoms with Gasteiger partial charge in [0.25, 0.3) is 0 Å². The minimum atomic E-state index is -0.948. The second-order valence-corrected chi connectivity index (χ2v) is 14.2. The van der Waals surface area contributed by atoms with Crippen LogP contribution < -0.4 is 24.8 Å². The molecule has 0 spiro atoms. The molecule has 2 aliphatic rings. The van der Waals surface area contributed by atoms with Crippen molar-refractivity contribution in [3.8, 4) is 0 Å². The quantitative estimate of drug-likeness (QED) is 0.450. The molecule has 0 aliphatic heterocycles. The maximum atomic E-state index is 2.55. The largest absolute Gasteiger partial charge is 1.00 e. The summed E-state index contributed by atoms with van der Waals surface area (Å²) in [6.45, 7) is 23.7. The maximum Gasteiger partial charge on any atom is -1.00 e. The third-order valence-corrected chi connectivity index (χ3v) is 13.1. The third-order valence-electron chi connectivity index (χ3n) is 5.25. The molecule has 0 fully saturated rings. The molecular weight excluding hydrogens is 514 g/mol. The molecule has 0 bridgehead atoms. The minimum Gasteiger partial charge on any atom is -1.00 e. The van der Waals surface area contributed by atoms with Gasteiger partial charge in [0.2, 0.25) is 0 Å². The first-order valence-corrected chi connectivity index (χ1v) is 12.6. The Morgan fingerprint density at radius 3 is 1.16 bits per heavy atom. The van der Waals surface area contributed by atoms with Crippen LogP contribution in [0, 0.1) is 22.7 Å². The Bertz CT molecular complexity index is 578. The zero-order chi connectivity index (χ0) is 17.7. The van der Waals surface area contributed by atoms with Crippen LogP contribution in [0.4, 0.5) is 0 Å². The molecule has 0 aromatic carbocycles. The normalized spacial score (nSPS) is 23.8. The van der Waals surface area contributed by atoms with Gasteiger partial charge in [-0.3, -0.25) is 0 Å². The van der Waals surface area contributed by atoms with Crippen LogP contribution in [0.25, 0.3) is 0 Å². The molecule has 2 aliphatic carbocycles. The zero-order valence-corrected chi connectivity index (χ0v) is 22.7. The Hall–Kier alpha value is 0.410. The van der Waals surface area contributed by atoms with Crippen LogP contribution in [0.1, 0.15) is 69.2 Å². The molecule has 0 aromatic heterocycles. The second kappa shape index (κ2) is 8.61. The summed E-state index contributed by atoms with van der Waals surface area (Å²) in [7, 11) is 0. The molecule has 3 heteroatoms. The first-order valence-electron chi connectivity index (χ1n) is 8.98. The zero-order valence-electron chi connectivity index (χ0n) is 17.6. The van der Waals surface area contributed by atoms with Gasteiger partial charge >= 0.3 is 156 Å². The molecule has 140 valence electrons. The molecule has 2 atom stereocenters. The second-order valence-electron chi connectivity index (χ2n) is 9.44. The average Bonchev–Trinajstić information content (AvgIpc) is 2.81. The van der Waals surface area contributed by atoms with E-state index >= 15 is 0 Å². The van der Waals surface area contributed by atoms with E-state index in [0.29, 0.717) is 11.8 Å². The summed E-state index contributed by atoms with van der Waals surface area (Å²) >= 11 is -0.948. The standard InChI is InChI=1S/2C11H17.2ClH.Hf/c2*1-8-6-9(2)10(7-8)11(3,4)5;;;/h2*7-8H,1-5H3;2*1H;/q;;;;+2/p-2. The van der Waals surface area contributed by atoms with Crippen LogP contribution in [0.3, 0.4) is 0 Å². The van der Waals surface area contributed by atoms with E-state index < -0.39 is 22.9 Å². The Morgan fingerprint density at radius 1 is 0.680 bits per heavy atom. The summed E-state index contributed by atoms with van der Waals surface area (Å²) in [5, 5.41) is 0. The fourth-order valence-corrected chi connectivity index (χ4v) is 9.67. The van der Waals surface area contributed by atoms with Crippen molar-refractivity contribution in [3.05, 3.63) is 41.1 Å². The first kappa shape index (κ1) is 25.4. The SMILES string of the molecule is CC1=[C]([Hf+2][C]2=C(C)C(C(C)(C)C)=CC2C)C(C)C=C1C(C)(C)C.[Cl-].[Cl-]. The number of halogens is 2. The van der Waals surface area contributed by atoms with Gasteiger partial charge in [-0.2, -0.15) is 0 Å². The van der Waals surface area contributed by atoms with Crippen molar-refractivity contribution < 1.29 is 47.7 Å². The number of hydrogen-bond acceptors (Lipinski definition) is 0. The van der Waals surface area contributed by atoms with Gasteiger partial charge in [-0.25, -0.2) is 0 Å². The molecule has 0 saturated heterocycles. The number of hydrogen-bond donors (Lipinski definition) is 0. The van der Waals surface area contributed by atoms with Gasteiger partial charge in [-0.1, -0.05) is 0 Å². The van der Waals surface area contributed by atoms with Gasteiger partial charge in [0.1, 0.15) is 0 Å². The van der Waals surface area contributed by atoms with Crippen LogP contribution in [-0.4, -0.2) is 0 Å². The van der Waals surface area contributed by atoms with E-state index in [1.807, 2.05) is 6.66 Å². The Kier molecular flexibility index (Phi) is 8.75. The smallest absolute Gasteiger partial charge is 1.00 e. The van der Waals surface area contributed by atoms with Crippen molar-refractivity contribution in [1.82, 2.24) is 0 Å². The number of allylic oxidation sites excluding steroid dienone is 8. The van der Waals surface area contributed by atoms with E-state index in [0.717, 1.165) is 0 Å². The van der Waals surface area contributed by atoms with E-state index in [2.05, 4.69) is 81.4 Å². The van der Waals surface area contributed by atoms with Crippen molar-refractivity contribution >= 4 is 0 Å². The van der Waals surface area contributed by atoms with Crippen LogP contribution in [0.5, 0.6) is 0 Å². The molecule has 0 saturated carbocycles. The summed E-state index contributed by atoms with van der Waals surface area (Å²) < 4.78 is 3.67. The van der Waals surface area contributed by atoms with E-state index in [1.54, 1.807) is 22.3 Å². The molecule has 0 radical (unpaired) electrons. The Labute approximate surface area is 179 Å². The monoisotopic (exact) mass is 548 g/mol. The van der Waals surface area contributed by atoms with E-state index in [-0.39, 0.29) is 35.6 Å². The van der Waals surface area contributed by atoms with Gasteiger partial charge in [0.05, 0.1) is 0 Å². The molecule has 0 heterocycles. The maximum absolute atomic E-state index is 2.55. The third kappa shape index (κ3) is 5.23. The van der Waals surface area contributed by atoms with Gasteiger partial charge < -0.3 is 24.8 Å². The molecule has 0 amide bonds. The molecule has 2 rings (SSSR count). The van der Waals surface area contributed by atoms with Crippen molar-refractivity contribution in [2.75, 3.05) is 0 Å². The summed E-state index contributed by atoms with van der Waals surface area (Å²) in [4.78, 5) is 0. The van der Waals surface area contributed by atoms with Crippen LogP contribution in [0.15, 0.2) is 41.1 Å². The summed E-state index contributed by atoms with van der Waals surface area (Å²) in [6.07, 6.45) is 5.09. The van der Waals surface area contributed by atoms with Gasteiger partial charge in [0.15, 0.2) is 0 Å². The fourth-order valence-electron chi connectivity index (χ4n) is 4.08. The van der Waals surface area contributed by atoms with Crippen molar-refractivity contribution in [2.24, 2.45) is 22.7 Å². The predicted molar refractivity (Wildman–Crippen MR) is 98.8 cm³/mol. The van der Waals surface area contributed by atoms with E-state index in [4.69, 9.17) is 0 Å². The Morgan fingerprint density at radius 2 is 0.960 bits per heavy atom. The molecule has 0 N–H and O–H groups in total. The van der Waals surface area contributed by atoms with Crippen LogP contribution in [-0.2, 0) is 22.9 Å². The van der Waals surface area contributed by atoms with Crippen molar-refractivity contribution in [3.63, 3.8) is 0 Å². The van der Waals surface area contributed by atoms with Crippen molar-refractivity contribution in [2.45, 2.75) is 69.2 Å². The topological polar surface area (TPSA) is 0 Å². The molecule has 2 unspecified atom stereocenters. The van der Waals surface area contributed by atoms with Crippen molar-refractivity contribution in [1.29, 1.82) is 0 Å². The molecule has 0 nitrogen and oxygen atoms in total. The Balaban J connectivity index is 0.00000288. The van der Waals surface area contributed by atoms with Gasteiger partial charge in [0, 0.05) is 0 Å². The molecule has 0 aromatic rings. The minimum absolute atomic E-state index is 0.